The van der Waals surface area contributed by atoms with Crippen LogP contribution in [0.3, 0.4) is 0 Å². The molecule has 0 aliphatic heterocycles. The van der Waals surface area contributed by atoms with E-state index in [4.69, 9.17) is 4.42 Å². The van der Waals surface area contributed by atoms with Crippen LogP contribution in [0.4, 0.5) is 0 Å². The minimum Gasteiger partial charge on any atom is -0.444 e. The molecule has 0 aliphatic rings. The molecule has 0 aliphatic carbocycles. The maximum atomic E-state index is 5.61. The van der Waals surface area contributed by atoms with Crippen LogP contribution >= 0.6 is 11.8 Å². The van der Waals surface area contributed by atoms with Crippen molar-refractivity contribution in [1.82, 2.24) is 25.2 Å². The van der Waals surface area contributed by atoms with E-state index in [9.17, 15) is 0 Å². The van der Waals surface area contributed by atoms with E-state index in [0.717, 1.165) is 16.9 Å². The highest BCUT2D eigenvalue weighted by Gasteiger charge is 2.12. The molecule has 0 fully saturated rings. The molecule has 130 valence electrons. The Balaban J connectivity index is 1.48. The first-order chi connectivity index (χ1) is 12.7. The van der Waals surface area contributed by atoms with Crippen LogP contribution in [0.1, 0.15) is 16.8 Å². The van der Waals surface area contributed by atoms with E-state index >= 15 is 0 Å². The summed E-state index contributed by atoms with van der Waals surface area (Å²) in [4.78, 5) is 4.56. The molecule has 0 amide bonds. The van der Waals surface area contributed by atoms with E-state index < -0.39 is 0 Å². The van der Waals surface area contributed by atoms with Gasteiger partial charge >= 0.3 is 0 Å². The molecule has 7 heteroatoms. The number of tetrazole rings is 1. The van der Waals surface area contributed by atoms with Crippen molar-refractivity contribution in [3.05, 3.63) is 71.6 Å². The van der Waals surface area contributed by atoms with E-state index in [1.807, 2.05) is 48.5 Å². The molecule has 4 aromatic rings. The lowest BCUT2D eigenvalue weighted by Gasteiger charge is -2.03. The van der Waals surface area contributed by atoms with Crippen LogP contribution in [-0.2, 0) is 5.75 Å². The normalized spacial score (nSPS) is 11.0. The largest absolute Gasteiger partial charge is 0.444 e. The van der Waals surface area contributed by atoms with Crippen LogP contribution in [0.15, 0.2) is 64.4 Å². The van der Waals surface area contributed by atoms with E-state index in [-0.39, 0.29) is 0 Å². The molecular weight excluding hydrogens is 346 g/mol. The van der Waals surface area contributed by atoms with Gasteiger partial charge < -0.3 is 4.42 Å². The molecule has 2 heterocycles. The van der Waals surface area contributed by atoms with Crippen LogP contribution in [0.2, 0.25) is 0 Å². The molecule has 0 bridgehead atoms. The monoisotopic (exact) mass is 363 g/mol. The molecule has 6 nitrogen and oxygen atoms in total. The van der Waals surface area contributed by atoms with Gasteiger partial charge in [-0.05, 0) is 48.5 Å². The van der Waals surface area contributed by atoms with Gasteiger partial charge in [-0.25, -0.2) is 4.98 Å². The van der Waals surface area contributed by atoms with E-state index in [0.29, 0.717) is 16.8 Å². The molecule has 0 atom stereocenters. The van der Waals surface area contributed by atoms with Gasteiger partial charge in [-0.1, -0.05) is 47.2 Å². The standard InChI is InChI=1S/C19H17N5OS/c1-13-3-7-15(8-4-13)18-20-16(11-25-18)12-26-19-21-22-23-24(19)17-9-5-14(2)6-10-17/h3-11H,12H2,1-2H3. The molecular formula is C19H17N5OS. The van der Waals surface area contributed by atoms with Gasteiger partial charge in [0.1, 0.15) is 6.26 Å². The fraction of sp³-hybridized carbons (Fsp3) is 0.158. The van der Waals surface area contributed by atoms with Crippen molar-refractivity contribution in [3.63, 3.8) is 0 Å². The Hall–Kier alpha value is -2.93. The number of hydrogen-bond donors (Lipinski definition) is 0. The minimum atomic E-state index is 0.624. The van der Waals surface area contributed by atoms with E-state index in [1.165, 1.54) is 22.9 Å². The maximum absolute atomic E-state index is 5.61. The summed E-state index contributed by atoms with van der Waals surface area (Å²) >= 11 is 1.52. The highest BCUT2D eigenvalue weighted by atomic mass is 32.2. The van der Waals surface area contributed by atoms with E-state index in [1.54, 1.807) is 10.9 Å². The summed E-state index contributed by atoms with van der Waals surface area (Å²) in [5.74, 6) is 1.25. The summed E-state index contributed by atoms with van der Waals surface area (Å²) in [6, 6.07) is 16.2. The van der Waals surface area contributed by atoms with Gasteiger partial charge in [0.05, 0.1) is 11.4 Å². The van der Waals surface area contributed by atoms with Gasteiger partial charge in [-0.2, -0.15) is 4.68 Å². The number of thioether (sulfide) groups is 1. The predicted molar refractivity (Wildman–Crippen MR) is 100 cm³/mol. The van der Waals surface area contributed by atoms with Crippen LogP contribution in [0, 0.1) is 13.8 Å². The first-order valence-corrected chi connectivity index (χ1v) is 9.17. The van der Waals surface area contributed by atoms with Gasteiger partial charge in [0, 0.05) is 11.3 Å². The van der Waals surface area contributed by atoms with Crippen LogP contribution < -0.4 is 0 Å². The number of rotatable bonds is 5. The zero-order valence-corrected chi connectivity index (χ0v) is 15.3. The van der Waals surface area contributed by atoms with Crippen molar-refractivity contribution in [2.75, 3.05) is 0 Å². The Kier molecular flexibility index (Phi) is 4.53. The maximum Gasteiger partial charge on any atom is 0.226 e. The van der Waals surface area contributed by atoms with Gasteiger partial charge in [-0.15, -0.1) is 5.10 Å². The van der Waals surface area contributed by atoms with Crippen LogP contribution in [0.5, 0.6) is 0 Å². The summed E-state index contributed by atoms with van der Waals surface area (Å²) in [6.45, 7) is 4.11. The smallest absolute Gasteiger partial charge is 0.226 e. The van der Waals surface area contributed by atoms with Crippen molar-refractivity contribution in [1.29, 1.82) is 0 Å². The second-order valence-corrected chi connectivity index (χ2v) is 6.95. The molecule has 4 rings (SSSR count). The zero-order chi connectivity index (χ0) is 17.9. The van der Waals surface area contributed by atoms with Gasteiger partial charge in [0.25, 0.3) is 0 Å². The summed E-state index contributed by atoms with van der Waals surface area (Å²) in [5, 5.41) is 12.7. The van der Waals surface area contributed by atoms with Crippen molar-refractivity contribution in [2.24, 2.45) is 0 Å². The Morgan fingerprint density at radius 3 is 2.38 bits per heavy atom. The quantitative estimate of drug-likeness (QED) is 0.494. The average Bonchev–Trinajstić information content (AvgIpc) is 3.30. The summed E-state index contributed by atoms with van der Waals surface area (Å²) in [7, 11) is 0. The summed E-state index contributed by atoms with van der Waals surface area (Å²) < 4.78 is 7.33. The molecule has 0 saturated heterocycles. The molecule has 0 spiro atoms. The van der Waals surface area contributed by atoms with Crippen LogP contribution in [0.25, 0.3) is 17.1 Å². The molecule has 0 radical (unpaired) electrons. The predicted octanol–water partition coefficient (Wildman–Crippen LogP) is 4.23. The second-order valence-electron chi connectivity index (χ2n) is 6.01. The van der Waals surface area contributed by atoms with Crippen LogP contribution in [-0.4, -0.2) is 25.2 Å². The SMILES string of the molecule is Cc1ccc(-c2nc(CSc3nnnn3-c3ccc(C)cc3)co2)cc1. The first-order valence-electron chi connectivity index (χ1n) is 8.19. The first kappa shape index (κ1) is 16.5. The van der Waals surface area contributed by atoms with Crippen molar-refractivity contribution in [3.8, 4) is 17.1 Å². The Bertz CT molecular complexity index is 1010. The molecule has 0 N–H and O–H groups in total. The summed E-state index contributed by atoms with van der Waals surface area (Å²) in [5.41, 5.74) is 5.16. The third-order valence-corrected chi connectivity index (χ3v) is 4.87. The molecule has 0 saturated carbocycles. The Morgan fingerprint density at radius 1 is 0.962 bits per heavy atom. The lowest BCUT2D eigenvalue weighted by Crippen LogP contribution is -1.99. The molecule has 2 aromatic carbocycles. The fourth-order valence-electron chi connectivity index (χ4n) is 2.46. The number of nitrogens with zero attached hydrogens (tertiary/aromatic N) is 5. The number of aromatic nitrogens is 5. The average molecular weight is 363 g/mol. The summed E-state index contributed by atoms with van der Waals surface area (Å²) in [6.07, 6.45) is 1.68. The number of oxazole rings is 1. The van der Waals surface area contributed by atoms with E-state index in [2.05, 4.69) is 34.4 Å². The highest BCUT2D eigenvalue weighted by molar-refractivity contribution is 7.98. The van der Waals surface area contributed by atoms with Crippen molar-refractivity contribution < 1.29 is 4.42 Å². The second kappa shape index (κ2) is 7.13. The minimum absolute atomic E-state index is 0.624. The number of hydrogen-bond acceptors (Lipinski definition) is 6. The lowest BCUT2D eigenvalue weighted by molar-refractivity contribution is 0.573. The Morgan fingerprint density at radius 2 is 1.65 bits per heavy atom. The van der Waals surface area contributed by atoms with Crippen molar-refractivity contribution in [2.45, 2.75) is 24.8 Å². The third-order valence-electron chi connectivity index (χ3n) is 3.92. The van der Waals surface area contributed by atoms with Gasteiger partial charge in [0.2, 0.25) is 11.0 Å². The molecule has 2 aromatic heterocycles. The number of aryl methyl sites for hydroxylation is 2. The fourth-order valence-corrected chi connectivity index (χ4v) is 3.23. The van der Waals surface area contributed by atoms with Gasteiger partial charge in [0.15, 0.2) is 0 Å². The van der Waals surface area contributed by atoms with Gasteiger partial charge in [-0.3, -0.25) is 0 Å². The topological polar surface area (TPSA) is 69.6 Å². The van der Waals surface area contributed by atoms with Crippen molar-refractivity contribution >= 4 is 11.8 Å². The zero-order valence-electron chi connectivity index (χ0n) is 14.5. The molecule has 0 unspecified atom stereocenters. The third kappa shape index (κ3) is 3.52. The lowest BCUT2D eigenvalue weighted by atomic mass is 10.1. The molecule has 26 heavy (non-hydrogen) atoms. The Labute approximate surface area is 155 Å². The highest BCUT2D eigenvalue weighted by Crippen LogP contribution is 2.25. The number of benzene rings is 2.